The predicted octanol–water partition coefficient (Wildman–Crippen LogP) is 3.36. The maximum atomic E-state index is 13.4. The second-order valence-corrected chi connectivity index (χ2v) is 7.89. The molecule has 0 saturated carbocycles. The molecule has 0 unspecified atom stereocenters. The molecule has 0 aliphatic carbocycles. The Balaban J connectivity index is 1.72. The number of hydrogen-bond acceptors (Lipinski definition) is 3. The molecule has 150 valence electrons. The van der Waals surface area contributed by atoms with Crippen molar-refractivity contribution in [3.63, 3.8) is 0 Å². The van der Waals surface area contributed by atoms with Gasteiger partial charge in [-0.25, -0.2) is 0 Å². The number of benzene rings is 2. The van der Waals surface area contributed by atoms with Crippen LogP contribution in [0.2, 0.25) is 0 Å². The second-order valence-electron chi connectivity index (χ2n) is 7.89. The Hall–Kier alpha value is -2.17. The van der Waals surface area contributed by atoms with E-state index < -0.39 is 0 Å². The SMILES string of the molecule is CNC[C@@H](C(=O)N1CCC(NC)(c2ccccc2)CC1)[C@@H](C)c1ccccc1. The first-order valence-electron chi connectivity index (χ1n) is 10.3. The van der Waals surface area contributed by atoms with Gasteiger partial charge in [0.2, 0.25) is 5.91 Å². The third kappa shape index (κ3) is 4.29. The van der Waals surface area contributed by atoms with Crippen LogP contribution in [-0.2, 0) is 10.3 Å². The van der Waals surface area contributed by atoms with Gasteiger partial charge >= 0.3 is 0 Å². The van der Waals surface area contributed by atoms with Crippen LogP contribution < -0.4 is 10.6 Å². The largest absolute Gasteiger partial charge is 0.342 e. The minimum Gasteiger partial charge on any atom is -0.342 e. The standard InChI is InChI=1S/C24H33N3O/c1-19(20-10-6-4-7-11-20)22(18-25-2)23(28)27-16-14-24(26-3,15-17-27)21-12-8-5-9-13-21/h4-13,19,22,25-26H,14-18H2,1-3H3/t19-,22+/m0/s1. The number of piperidine rings is 1. The van der Waals surface area contributed by atoms with E-state index in [9.17, 15) is 4.79 Å². The van der Waals surface area contributed by atoms with Gasteiger partial charge in [-0.1, -0.05) is 67.6 Å². The molecular formula is C24H33N3O. The van der Waals surface area contributed by atoms with E-state index in [2.05, 4.69) is 77.1 Å². The lowest BCUT2D eigenvalue weighted by Crippen LogP contribution is -2.53. The molecule has 3 rings (SSSR count). The van der Waals surface area contributed by atoms with E-state index >= 15 is 0 Å². The second kappa shape index (κ2) is 9.35. The van der Waals surface area contributed by atoms with Gasteiger partial charge in [0.15, 0.2) is 0 Å². The van der Waals surface area contributed by atoms with E-state index in [4.69, 9.17) is 0 Å². The molecule has 4 heteroatoms. The van der Waals surface area contributed by atoms with Crippen LogP contribution in [0.5, 0.6) is 0 Å². The van der Waals surface area contributed by atoms with E-state index in [0.29, 0.717) is 6.54 Å². The highest BCUT2D eigenvalue weighted by atomic mass is 16.2. The average molecular weight is 380 g/mol. The molecule has 2 atom stereocenters. The normalized spacial score (nSPS) is 18.5. The minimum absolute atomic E-state index is 0.0401. The number of rotatable bonds is 7. The number of likely N-dealkylation sites (tertiary alicyclic amines) is 1. The quantitative estimate of drug-likeness (QED) is 0.775. The topological polar surface area (TPSA) is 44.4 Å². The molecule has 4 nitrogen and oxygen atoms in total. The number of amides is 1. The van der Waals surface area contributed by atoms with Crippen LogP contribution in [0.4, 0.5) is 0 Å². The van der Waals surface area contributed by atoms with Crippen LogP contribution in [0.15, 0.2) is 60.7 Å². The average Bonchev–Trinajstić information content (AvgIpc) is 2.78. The summed E-state index contributed by atoms with van der Waals surface area (Å²) in [6.07, 6.45) is 1.87. The lowest BCUT2D eigenvalue weighted by atomic mass is 9.80. The van der Waals surface area contributed by atoms with Gasteiger partial charge in [-0.15, -0.1) is 0 Å². The van der Waals surface area contributed by atoms with Crippen LogP contribution in [0.3, 0.4) is 0 Å². The Kier molecular flexibility index (Phi) is 6.87. The summed E-state index contributed by atoms with van der Waals surface area (Å²) in [6, 6.07) is 21.0. The van der Waals surface area contributed by atoms with Crippen molar-refractivity contribution in [3.05, 3.63) is 71.8 Å². The van der Waals surface area contributed by atoms with Crippen molar-refractivity contribution in [2.24, 2.45) is 5.92 Å². The molecule has 1 heterocycles. The molecule has 1 fully saturated rings. The number of hydrogen-bond donors (Lipinski definition) is 2. The van der Waals surface area contributed by atoms with Crippen molar-refractivity contribution >= 4 is 5.91 Å². The molecule has 0 bridgehead atoms. The number of carbonyl (C=O) groups excluding carboxylic acids is 1. The highest BCUT2D eigenvalue weighted by Gasteiger charge is 2.38. The van der Waals surface area contributed by atoms with Crippen LogP contribution in [-0.4, -0.2) is 44.5 Å². The van der Waals surface area contributed by atoms with E-state index in [1.165, 1.54) is 11.1 Å². The summed E-state index contributed by atoms with van der Waals surface area (Å²) in [4.78, 5) is 15.5. The van der Waals surface area contributed by atoms with Crippen LogP contribution in [0.25, 0.3) is 0 Å². The fourth-order valence-corrected chi connectivity index (χ4v) is 4.47. The summed E-state index contributed by atoms with van der Waals surface area (Å²) in [5.41, 5.74) is 2.50. The molecule has 1 saturated heterocycles. The first kappa shape index (κ1) is 20.6. The fourth-order valence-electron chi connectivity index (χ4n) is 4.47. The van der Waals surface area contributed by atoms with Crippen molar-refractivity contribution < 1.29 is 4.79 Å². The first-order chi connectivity index (χ1) is 13.6. The summed E-state index contributed by atoms with van der Waals surface area (Å²) in [6.45, 7) is 4.44. The van der Waals surface area contributed by atoms with Crippen molar-refractivity contribution in [2.75, 3.05) is 33.7 Å². The van der Waals surface area contributed by atoms with E-state index in [-0.39, 0.29) is 23.3 Å². The number of nitrogens with one attached hydrogen (secondary N) is 2. The van der Waals surface area contributed by atoms with Crippen molar-refractivity contribution in [2.45, 2.75) is 31.2 Å². The molecule has 0 aromatic heterocycles. The smallest absolute Gasteiger partial charge is 0.227 e. The lowest BCUT2D eigenvalue weighted by molar-refractivity contribution is -0.137. The molecule has 1 aliphatic rings. The predicted molar refractivity (Wildman–Crippen MR) is 115 cm³/mol. The first-order valence-corrected chi connectivity index (χ1v) is 10.3. The van der Waals surface area contributed by atoms with Gasteiger partial charge in [0.1, 0.15) is 0 Å². The molecule has 0 radical (unpaired) electrons. The van der Waals surface area contributed by atoms with Crippen LogP contribution in [0, 0.1) is 5.92 Å². The third-order valence-corrected chi connectivity index (χ3v) is 6.40. The molecule has 1 aliphatic heterocycles. The number of nitrogens with zero attached hydrogens (tertiary/aromatic N) is 1. The van der Waals surface area contributed by atoms with E-state index in [0.717, 1.165) is 25.9 Å². The monoisotopic (exact) mass is 379 g/mol. The zero-order valence-electron chi connectivity index (χ0n) is 17.3. The molecule has 28 heavy (non-hydrogen) atoms. The summed E-state index contributed by atoms with van der Waals surface area (Å²) >= 11 is 0. The molecule has 2 aromatic rings. The zero-order chi connectivity index (χ0) is 20.0. The maximum Gasteiger partial charge on any atom is 0.227 e. The Bertz CT molecular complexity index is 739. The maximum absolute atomic E-state index is 13.4. The van der Waals surface area contributed by atoms with Crippen molar-refractivity contribution in [3.8, 4) is 0 Å². The summed E-state index contributed by atoms with van der Waals surface area (Å²) in [7, 11) is 3.96. The highest BCUT2D eigenvalue weighted by molar-refractivity contribution is 5.80. The molecular weight excluding hydrogens is 346 g/mol. The van der Waals surface area contributed by atoms with Gasteiger partial charge in [0.05, 0.1) is 5.92 Å². The van der Waals surface area contributed by atoms with Crippen LogP contribution >= 0.6 is 0 Å². The summed E-state index contributed by atoms with van der Waals surface area (Å²) in [5, 5.41) is 6.78. The molecule has 0 spiro atoms. The Morgan fingerprint density at radius 2 is 1.57 bits per heavy atom. The van der Waals surface area contributed by atoms with E-state index in [1.54, 1.807) is 0 Å². The Morgan fingerprint density at radius 1 is 1.00 bits per heavy atom. The Morgan fingerprint density at radius 3 is 2.11 bits per heavy atom. The minimum atomic E-state index is -0.0498. The van der Waals surface area contributed by atoms with Gasteiger partial charge in [-0.2, -0.15) is 0 Å². The lowest BCUT2D eigenvalue weighted by Gasteiger charge is -2.43. The fraction of sp³-hybridized carbons (Fsp3) is 0.458. The molecule has 2 aromatic carbocycles. The van der Waals surface area contributed by atoms with Gasteiger partial charge in [-0.05, 0) is 44.0 Å². The van der Waals surface area contributed by atoms with Gasteiger partial charge in [0.25, 0.3) is 0 Å². The molecule has 2 N–H and O–H groups in total. The van der Waals surface area contributed by atoms with Crippen LogP contribution in [0.1, 0.15) is 36.8 Å². The summed E-state index contributed by atoms with van der Waals surface area (Å²) < 4.78 is 0. The van der Waals surface area contributed by atoms with E-state index in [1.807, 2.05) is 20.2 Å². The zero-order valence-corrected chi connectivity index (χ0v) is 17.3. The van der Waals surface area contributed by atoms with Crippen molar-refractivity contribution in [1.82, 2.24) is 15.5 Å². The molecule has 1 amide bonds. The number of carbonyl (C=O) groups is 1. The third-order valence-electron chi connectivity index (χ3n) is 6.40. The Labute approximate surface area is 169 Å². The van der Waals surface area contributed by atoms with Gasteiger partial charge in [0, 0.05) is 25.2 Å². The van der Waals surface area contributed by atoms with Gasteiger partial charge < -0.3 is 15.5 Å². The highest BCUT2D eigenvalue weighted by Crippen LogP contribution is 2.34. The summed E-state index contributed by atoms with van der Waals surface area (Å²) in [5.74, 6) is 0.404. The van der Waals surface area contributed by atoms with Crippen molar-refractivity contribution in [1.29, 1.82) is 0 Å². The van der Waals surface area contributed by atoms with Gasteiger partial charge in [-0.3, -0.25) is 4.79 Å².